The van der Waals surface area contributed by atoms with E-state index >= 15 is 0 Å². The summed E-state index contributed by atoms with van der Waals surface area (Å²) in [6, 6.07) is 12.9. The Kier molecular flexibility index (Phi) is 7.52. The number of esters is 1. The number of carbonyl (C=O) groups excluding carboxylic acids is 3. The first-order valence-electron chi connectivity index (χ1n) is 10.3. The van der Waals surface area contributed by atoms with Gasteiger partial charge in [-0.1, -0.05) is 12.1 Å². The molecule has 0 bridgehead atoms. The van der Waals surface area contributed by atoms with Gasteiger partial charge in [0.05, 0.1) is 17.0 Å². The summed E-state index contributed by atoms with van der Waals surface area (Å²) in [5.41, 5.74) is 1.89. The number of para-hydroxylation sites is 1. The third-order valence-corrected chi connectivity index (χ3v) is 5.14. The summed E-state index contributed by atoms with van der Waals surface area (Å²) in [6.45, 7) is 2.90. The van der Waals surface area contributed by atoms with Crippen LogP contribution >= 0.6 is 0 Å². The largest absolute Gasteiger partial charge is 0.457 e. The molecule has 0 atom stereocenters. The van der Waals surface area contributed by atoms with Gasteiger partial charge in [-0.2, -0.15) is 0 Å². The maximum atomic E-state index is 14.2. The minimum Gasteiger partial charge on any atom is -0.457 e. The molecule has 0 spiro atoms. The number of halogens is 1. The molecule has 1 N–H and O–H groups in total. The minimum absolute atomic E-state index is 0.0371. The molecule has 34 heavy (non-hydrogen) atoms. The number of nitro groups is 1. The normalized spacial score (nSPS) is 10.6. The Hall–Kier alpha value is -4.34. The number of nitrogens with one attached hydrogen (secondary N) is 1. The van der Waals surface area contributed by atoms with E-state index in [-0.39, 0.29) is 24.2 Å². The molecule has 1 heterocycles. The predicted molar refractivity (Wildman–Crippen MR) is 121 cm³/mol. The van der Waals surface area contributed by atoms with E-state index in [1.807, 2.05) is 0 Å². The Balaban J connectivity index is 1.51. The van der Waals surface area contributed by atoms with E-state index in [2.05, 4.69) is 5.32 Å². The fourth-order valence-electron chi connectivity index (χ4n) is 3.46. The molecule has 1 amide bonds. The van der Waals surface area contributed by atoms with Gasteiger partial charge in [0, 0.05) is 41.2 Å². The van der Waals surface area contributed by atoms with Crippen molar-refractivity contribution in [1.29, 1.82) is 0 Å². The summed E-state index contributed by atoms with van der Waals surface area (Å²) in [4.78, 5) is 46.7. The second kappa shape index (κ2) is 10.5. The molecular weight excluding hydrogens is 445 g/mol. The summed E-state index contributed by atoms with van der Waals surface area (Å²) in [6.07, 6.45) is -0.166. The van der Waals surface area contributed by atoms with Crippen molar-refractivity contribution >= 4 is 23.3 Å². The zero-order valence-corrected chi connectivity index (χ0v) is 18.5. The van der Waals surface area contributed by atoms with Gasteiger partial charge < -0.3 is 14.6 Å². The number of ketones is 1. The first-order valence-corrected chi connectivity index (χ1v) is 10.3. The number of carbonyl (C=O) groups is 3. The molecule has 1 aromatic heterocycles. The van der Waals surface area contributed by atoms with Gasteiger partial charge >= 0.3 is 5.97 Å². The molecule has 0 radical (unpaired) electrons. The molecule has 0 saturated carbocycles. The van der Waals surface area contributed by atoms with Crippen LogP contribution in [-0.2, 0) is 9.53 Å². The van der Waals surface area contributed by atoms with Crippen molar-refractivity contribution in [3.63, 3.8) is 0 Å². The highest BCUT2D eigenvalue weighted by atomic mass is 19.1. The number of nitrogens with zero attached hydrogens (tertiary/aromatic N) is 2. The van der Waals surface area contributed by atoms with Crippen LogP contribution in [0.15, 0.2) is 54.6 Å². The van der Waals surface area contributed by atoms with Crippen molar-refractivity contribution in [2.45, 2.75) is 20.3 Å². The van der Waals surface area contributed by atoms with Crippen molar-refractivity contribution in [1.82, 2.24) is 9.88 Å². The lowest BCUT2D eigenvalue weighted by atomic mass is 10.1. The van der Waals surface area contributed by atoms with E-state index in [0.29, 0.717) is 22.6 Å². The van der Waals surface area contributed by atoms with Gasteiger partial charge in [-0.3, -0.25) is 24.5 Å². The molecule has 3 rings (SSSR count). The molecule has 10 heteroatoms. The van der Waals surface area contributed by atoms with Crippen molar-refractivity contribution < 1.29 is 28.4 Å². The molecular formula is C24H22FN3O6. The van der Waals surface area contributed by atoms with Crippen molar-refractivity contribution in [2.24, 2.45) is 0 Å². The molecule has 176 valence electrons. The standard InChI is InChI=1S/C24H22FN3O6/c1-15-13-19(16(2)27(15)21-6-4-3-5-20(21)25)22(29)14-34-23(30)11-12-26-24(31)17-7-9-18(10-8-17)28(32)33/h3-10,13H,11-12,14H2,1-2H3,(H,26,31). The van der Waals surface area contributed by atoms with Crippen LogP contribution in [0.25, 0.3) is 5.69 Å². The summed E-state index contributed by atoms with van der Waals surface area (Å²) < 4.78 is 20.8. The summed E-state index contributed by atoms with van der Waals surface area (Å²) in [5.74, 6) is -2.04. The predicted octanol–water partition coefficient (Wildman–Crippen LogP) is 3.69. The van der Waals surface area contributed by atoms with Crippen LogP contribution in [-0.4, -0.2) is 40.3 Å². The minimum atomic E-state index is -0.680. The fourth-order valence-corrected chi connectivity index (χ4v) is 3.46. The molecule has 0 aliphatic carbocycles. The van der Waals surface area contributed by atoms with E-state index in [1.165, 1.54) is 30.3 Å². The highest BCUT2D eigenvalue weighted by molar-refractivity contribution is 5.99. The number of hydrogen-bond donors (Lipinski definition) is 1. The SMILES string of the molecule is Cc1cc(C(=O)COC(=O)CCNC(=O)c2ccc([N+](=O)[O-])cc2)c(C)n1-c1ccccc1F. The number of amides is 1. The third kappa shape index (κ3) is 5.52. The summed E-state index contributed by atoms with van der Waals surface area (Å²) in [5, 5.41) is 13.2. The number of hydrogen-bond acceptors (Lipinski definition) is 6. The lowest BCUT2D eigenvalue weighted by molar-refractivity contribution is -0.384. The smallest absolute Gasteiger partial charge is 0.308 e. The van der Waals surface area contributed by atoms with E-state index in [1.54, 1.807) is 42.7 Å². The second-order valence-corrected chi connectivity index (χ2v) is 7.47. The van der Waals surface area contributed by atoms with Gasteiger partial charge in [-0.15, -0.1) is 0 Å². The Morgan fingerprint density at radius 1 is 1.09 bits per heavy atom. The molecule has 2 aromatic carbocycles. The van der Waals surface area contributed by atoms with Crippen molar-refractivity contribution in [3.05, 3.63) is 93.0 Å². The quantitative estimate of drug-likeness (QED) is 0.222. The molecule has 0 unspecified atom stereocenters. The van der Waals surface area contributed by atoms with Crippen LogP contribution in [0.4, 0.5) is 10.1 Å². The average molecular weight is 467 g/mol. The lowest BCUT2D eigenvalue weighted by Gasteiger charge is -2.11. The number of non-ortho nitro benzene ring substituents is 1. The van der Waals surface area contributed by atoms with Crippen LogP contribution in [0.1, 0.15) is 38.5 Å². The zero-order chi connectivity index (χ0) is 24.8. The Morgan fingerprint density at radius 2 is 1.76 bits per heavy atom. The Morgan fingerprint density at radius 3 is 2.41 bits per heavy atom. The number of benzene rings is 2. The summed E-state index contributed by atoms with van der Waals surface area (Å²) in [7, 11) is 0. The average Bonchev–Trinajstić information content (AvgIpc) is 3.11. The highest BCUT2D eigenvalue weighted by Crippen LogP contribution is 2.23. The fraction of sp³-hybridized carbons (Fsp3) is 0.208. The molecule has 0 fully saturated rings. The maximum Gasteiger partial charge on any atom is 0.308 e. The Labute approximate surface area is 194 Å². The number of aromatic nitrogens is 1. The highest BCUT2D eigenvalue weighted by Gasteiger charge is 2.19. The van der Waals surface area contributed by atoms with Gasteiger partial charge in [0.1, 0.15) is 5.82 Å². The summed E-state index contributed by atoms with van der Waals surface area (Å²) >= 11 is 0. The molecule has 0 aliphatic heterocycles. The van der Waals surface area contributed by atoms with Crippen molar-refractivity contribution in [2.75, 3.05) is 13.2 Å². The molecule has 9 nitrogen and oxygen atoms in total. The van der Waals surface area contributed by atoms with Crippen LogP contribution < -0.4 is 5.32 Å². The first kappa shape index (κ1) is 24.3. The number of Topliss-reactive ketones (excluding diaryl/α,β-unsaturated/α-hetero) is 1. The van der Waals surface area contributed by atoms with Crippen molar-refractivity contribution in [3.8, 4) is 5.69 Å². The number of aryl methyl sites for hydroxylation is 1. The molecule has 0 saturated heterocycles. The molecule has 0 aliphatic rings. The van der Waals surface area contributed by atoms with E-state index < -0.39 is 35.0 Å². The van der Waals surface area contributed by atoms with Crippen LogP contribution in [0, 0.1) is 29.8 Å². The van der Waals surface area contributed by atoms with Gasteiger partial charge in [-0.05, 0) is 44.2 Å². The van der Waals surface area contributed by atoms with Crippen LogP contribution in [0.5, 0.6) is 0 Å². The van der Waals surface area contributed by atoms with Gasteiger partial charge in [0.2, 0.25) is 5.78 Å². The Bertz CT molecular complexity index is 1250. The van der Waals surface area contributed by atoms with E-state index in [4.69, 9.17) is 4.74 Å². The first-order chi connectivity index (χ1) is 16.2. The zero-order valence-electron chi connectivity index (χ0n) is 18.5. The van der Waals surface area contributed by atoms with Crippen LogP contribution in [0.2, 0.25) is 0 Å². The number of ether oxygens (including phenoxy) is 1. The van der Waals surface area contributed by atoms with Crippen LogP contribution in [0.3, 0.4) is 0 Å². The number of nitro benzene ring substituents is 1. The van der Waals surface area contributed by atoms with Gasteiger partial charge in [-0.25, -0.2) is 4.39 Å². The number of rotatable bonds is 9. The lowest BCUT2D eigenvalue weighted by Crippen LogP contribution is -2.27. The topological polar surface area (TPSA) is 121 Å². The van der Waals surface area contributed by atoms with Gasteiger partial charge in [0.25, 0.3) is 11.6 Å². The van der Waals surface area contributed by atoms with E-state index in [0.717, 1.165) is 0 Å². The van der Waals surface area contributed by atoms with E-state index in [9.17, 15) is 28.9 Å². The second-order valence-electron chi connectivity index (χ2n) is 7.47. The maximum absolute atomic E-state index is 14.2. The van der Waals surface area contributed by atoms with Gasteiger partial charge in [0.15, 0.2) is 6.61 Å². The molecule has 3 aromatic rings. The third-order valence-electron chi connectivity index (χ3n) is 5.14. The monoisotopic (exact) mass is 467 g/mol.